The summed E-state index contributed by atoms with van der Waals surface area (Å²) in [7, 11) is 3.87. The second kappa shape index (κ2) is 2.50. The number of benzene rings is 1. The Bertz CT molecular complexity index is 283. The van der Waals surface area contributed by atoms with Gasteiger partial charge >= 0.3 is 0 Å². The average Bonchev–Trinajstić information content (AvgIpc) is 2.31. The smallest absolute Gasteiger partial charge is 0.0453 e. The van der Waals surface area contributed by atoms with Crippen LogP contribution in [0.25, 0.3) is 0 Å². The highest BCUT2D eigenvalue weighted by molar-refractivity contribution is 6.31. The van der Waals surface area contributed by atoms with Crippen molar-refractivity contribution in [2.45, 2.75) is 13.1 Å². The second-order valence-electron chi connectivity index (χ2n) is 2.86. The largest absolute Gasteiger partial charge is 0.452 e. The Morgan fingerprint density at radius 1 is 1.36 bits per heavy atom. The van der Waals surface area contributed by atoms with Gasteiger partial charge in [-0.05, 0) is 30.3 Å². The van der Waals surface area contributed by atoms with Crippen LogP contribution in [0.5, 0.6) is 0 Å². The quantitative estimate of drug-likeness (QED) is 0.536. The zero-order chi connectivity index (χ0) is 7.84. The van der Waals surface area contributed by atoms with Crippen molar-refractivity contribution in [3.05, 3.63) is 41.4 Å². The topological polar surface area (TPSA) is 3.24 Å². The molecule has 0 unspecified atom stereocenters. The fourth-order valence-electron chi connectivity index (χ4n) is 1.45. The molecule has 0 fully saturated rings. The molecule has 0 aliphatic carbocycles. The van der Waals surface area contributed by atoms with E-state index in [0.29, 0.717) is 0 Å². The fraction of sp³-hybridized carbons (Fsp3) is 0.222. The van der Waals surface area contributed by atoms with Crippen molar-refractivity contribution in [2.24, 2.45) is 0 Å². The highest BCUT2D eigenvalue weighted by Gasteiger charge is 2.13. The molecule has 0 spiro atoms. The molecule has 0 atom stereocenters. The highest BCUT2D eigenvalue weighted by atomic mass is 35.5. The number of rotatable bonds is 0. The van der Waals surface area contributed by atoms with E-state index in [1.165, 1.54) is 11.1 Å². The van der Waals surface area contributed by atoms with Gasteiger partial charge in [-0.1, -0.05) is 23.7 Å². The Morgan fingerprint density at radius 2 is 2.18 bits per heavy atom. The summed E-state index contributed by atoms with van der Waals surface area (Å²) >= 11 is 5.98. The summed E-state index contributed by atoms with van der Waals surface area (Å²) < 4.78 is 0. The number of fused-ring (bicyclic) bond motifs is 1. The molecule has 58 valence electrons. The number of nitrogens with zero attached hydrogens (tertiary/aromatic N) is 1. The molecule has 1 aliphatic heterocycles. The van der Waals surface area contributed by atoms with Crippen LogP contribution in [0.3, 0.4) is 0 Å². The van der Waals surface area contributed by atoms with Crippen LogP contribution in [-0.2, 0) is 13.1 Å². The molecule has 0 radical (unpaired) electrons. The van der Waals surface area contributed by atoms with Crippen molar-refractivity contribution in [2.75, 3.05) is 0 Å². The van der Waals surface area contributed by atoms with E-state index in [0.717, 1.165) is 18.1 Å². The second-order valence-corrected chi connectivity index (χ2v) is 3.27. The Kier molecular flexibility index (Phi) is 1.63. The van der Waals surface area contributed by atoms with Gasteiger partial charge in [0.15, 0.2) is 0 Å². The van der Waals surface area contributed by atoms with E-state index >= 15 is 0 Å². The van der Waals surface area contributed by atoms with Gasteiger partial charge in [-0.25, -0.2) is 0 Å². The lowest BCUT2D eigenvalue weighted by molar-refractivity contribution is 0.393. The standard InChI is InChI=1S/C9H9ClN/c1-11-5-7-3-2-4-9(10)8(7)6-11/h2-4H,1,5-6H2/q-1. The molecule has 0 N–H and O–H groups in total. The average molecular weight is 167 g/mol. The Labute approximate surface area is 71.6 Å². The molecule has 2 heteroatoms. The predicted molar refractivity (Wildman–Crippen MR) is 46.1 cm³/mol. The molecule has 0 saturated heterocycles. The van der Waals surface area contributed by atoms with Gasteiger partial charge in [0.2, 0.25) is 0 Å². The molecular weight excluding hydrogens is 158 g/mol. The summed E-state index contributed by atoms with van der Waals surface area (Å²) in [4.78, 5) is 2.01. The van der Waals surface area contributed by atoms with Crippen LogP contribution in [0.1, 0.15) is 11.1 Å². The van der Waals surface area contributed by atoms with Gasteiger partial charge in [-0.3, -0.25) is 7.05 Å². The van der Waals surface area contributed by atoms with Crippen molar-refractivity contribution < 1.29 is 0 Å². The van der Waals surface area contributed by atoms with Crippen LogP contribution >= 0.6 is 11.6 Å². The monoisotopic (exact) mass is 166 g/mol. The van der Waals surface area contributed by atoms with E-state index in [1.807, 2.05) is 17.0 Å². The van der Waals surface area contributed by atoms with Crippen LogP contribution in [0, 0.1) is 7.05 Å². The maximum Gasteiger partial charge on any atom is 0.0453 e. The predicted octanol–water partition coefficient (Wildman–Crippen LogP) is 2.45. The molecule has 0 aromatic heterocycles. The molecule has 1 heterocycles. The fourth-order valence-corrected chi connectivity index (χ4v) is 1.70. The molecular formula is C9H9ClN-. The van der Waals surface area contributed by atoms with E-state index in [2.05, 4.69) is 13.1 Å². The van der Waals surface area contributed by atoms with E-state index < -0.39 is 0 Å². The summed E-state index contributed by atoms with van der Waals surface area (Å²) in [6, 6.07) is 6.02. The van der Waals surface area contributed by atoms with Gasteiger partial charge < -0.3 is 4.90 Å². The number of halogens is 1. The molecule has 1 nitrogen and oxygen atoms in total. The lowest BCUT2D eigenvalue weighted by atomic mass is 10.1. The molecule has 1 aromatic rings. The SMILES string of the molecule is [CH2-]N1Cc2cccc(Cl)c2C1. The number of hydrogen-bond acceptors (Lipinski definition) is 1. The number of hydrogen-bond donors (Lipinski definition) is 0. The summed E-state index contributed by atoms with van der Waals surface area (Å²) in [6.07, 6.45) is 0. The van der Waals surface area contributed by atoms with Crippen molar-refractivity contribution in [1.82, 2.24) is 4.90 Å². The lowest BCUT2D eigenvalue weighted by Gasteiger charge is -2.14. The zero-order valence-electron chi connectivity index (χ0n) is 6.18. The summed E-state index contributed by atoms with van der Waals surface area (Å²) in [6.45, 7) is 1.81. The van der Waals surface area contributed by atoms with Gasteiger partial charge in [0.25, 0.3) is 0 Å². The maximum absolute atomic E-state index is 5.98. The minimum atomic E-state index is 0.869. The normalized spacial score (nSPS) is 16.9. The summed E-state index contributed by atoms with van der Waals surface area (Å²) in [5, 5.41) is 0.869. The van der Waals surface area contributed by atoms with E-state index in [9.17, 15) is 0 Å². The first-order chi connectivity index (χ1) is 5.27. The van der Waals surface area contributed by atoms with Crippen LogP contribution in [-0.4, -0.2) is 4.90 Å². The molecule has 1 aliphatic rings. The molecule has 2 rings (SSSR count). The minimum absolute atomic E-state index is 0.869. The maximum atomic E-state index is 5.98. The van der Waals surface area contributed by atoms with Crippen LogP contribution in [0.15, 0.2) is 18.2 Å². The molecule has 11 heavy (non-hydrogen) atoms. The summed E-state index contributed by atoms with van der Waals surface area (Å²) in [5.74, 6) is 0. The lowest BCUT2D eigenvalue weighted by Crippen LogP contribution is -2.04. The van der Waals surface area contributed by atoms with Gasteiger partial charge in [-0.2, -0.15) is 0 Å². The zero-order valence-corrected chi connectivity index (χ0v) is 6.93. The first kappa shape index (κ1) is 7.14. The Morgan fingerprint density at radius 3 is 2.91 bits per heavy atom. The van der Waals surface area contributed by atoms with Gasteiger partial charge in [-0.15, -0.1) is 0 Å². The minimum Gasteiger partial charge on any atom is -0.452 e. The third kappa shape index (κ3) is 1.15. The third-order valence-corrected chi connectivity index (χ3v) is 2.35. The van der Waals surface area contributed by atoms with E-state index in [4.69, 9.17) is 11.6 Å². The van der Waals surface area contributed by atoms with Crippen molar-refractivity contribution in [1.29, 1.82) is 0 Å². The van der Waals surface area contributed by atoms with Crippen LogP contribution in [0.4, 0.5) is 0 Å². The summed E-state index contributed by atoms with van der Waals surface area (Å²) in [5.41, 5.74) is 2.55. The van der Waals surface area contributed by atoms with Gasteiger partial charge in [0, 0.05) is 5.02 Å². The van der Waals surface area contributed by atoms with Gasteiger partial charge in [0.05, 0.1) is 0 Å². The molecule has 0 amide bonds. The van der Waals surface area contributed by atoms with Crippen molar-refractivity contribution >= 4 is 11.6 Å². The molecule has 0 saturated carbocycles. The van der Waals surface area contributed by atoms with Gasteiger partial charge in [0.1, 0.15) is 0 Å². The van der Waals surface area contributed by atoms with Crippen LogP contribution in [0.2, 0.25) is 5.02 Å². The Hall–Kier alpha value is -0.530. The first-order valence-electron chi connectivity index (χ1n) is 3.59. The molecule has 0 bridgehead atoms. The van der Waals surface area contributed by atoms with E-state index in [1.54, 1.807) is 0 Å². The molecule has 1 aromatic carbocycles. The highest BCUT2D eigenvalue weighted by Crippen LogP contribution is 2.27. The van der Waals surface area contributed by atoms with E-state index in [-0.39, 0.29) is 0 Å². The van der Waals surface area contributed by atoms with Crippen molar-refractivity contribution in [3.63, 3.8) is 0 Å². The Balaban J connectivity index is 2.49. The first-order valence-corrected chi connectivity index (χ1v) is 3.97. The van der Waals surface area contributed by atoms with Crippen LogP contribution < -0.4 is 0 Å². The third-order valence-electron chi connectivity index (χ3n) is 1.99. The van der Waals surface area contributed by atoms with Crippen molar-refractivity contribution in [3.8, 4) is 0 Å².